The van der Waals surface area contributed by atoms with E-state index in [2.05, 4.69) is 20.6 Å². The number of carbonyl (C=O) groups is 1. The molecule has 4 aromatic rings. The number of ether oxygens (including phenoxy) is 1. The molecule has 2 aromatic carbocycles. The zero-order valence-electron chi connectivity index (χ0n) is 18.0. The molecule has 0 bridgehead atoms. The molecule has 0 saturated heterocycles. The maximum Gasteiger partial charge on any atom is 0.280 e. The van der Waals surface area contributed by atoms with Gasteiger partial charge in [-0.2, -0.15) is 0 Å². The van der Waals surface area contributed by atoms with E-state index < -0.39 is 0 Å². The van der Waals surface area contributed by atoms with Gasteiger partial charge in [-0.3, -0.25) is 10.1 Å². The van der Waals surface area contributed by atoms with Gasteiger partial charge in [-0.15, -0.1) is 5.10 Å². The first kappa shape index (κ1) is 20.7. The Morgan fingerprint density at radius 1 is 1.13 bits per heavy atom. The highest BCUT2D eigenvalue weighted by molar-refractivity contribution is 6.03. The quantitative estimate of drug-likeness (QED) is 0.438. The maximum atomic E-state index is 13.0. The number of carbonyl (C=O) groups excluding carboxylic acids is 1. The van der Waals surface area contributed by atoms with E-state index >= 15 is 0 Å². The second kappa shape index (κ2) is 9.09. The first-order chi connectivity index (χ1) is 15.1. The van der Waals surface area contributed by atoms with Crippen LogP contribution in [0.4, 0.5) is 5.95 Å². The number of hydrogen-bond donors (Lipinski definition) is 1. The van der Waals surface area contributed by atoms with Gasteiger partial charge in [0.05, 0.1) is 22.4 Å². The second-order valence-electron chi connectivity index (χ2n) is 7.35. The molecule has 0 fully saturated rings. The number of anilines is 1. The van der Waals surface area contributed by atoms with Crippen LogP contribution in [-0.4, -0.2) is 43.7 Å². The van der Waals surface area contributed by atoms with Crippen molar-refractivity contribution >= 4 is 22.9 Å². The number of benzene rings is 2. The number of aryl methyl sites for hydroxylation is 2. The number of nitrogens with zero attached hydrogens (tertiary/aromatic N) is 5. The third-order valence-electron chi connectivity index (χ3n) is 5.11. The maximum absolute atomic E-state index is 13.0. The van der Waals surface area contributed by atoms with Crippen LogP contribution in [0, 0.1) is 13.8 Å². The summed E-state index contributed by atoms with van der Waals surface area (Å²) in [6.07, 6.45) is 0.819. The fourth-order valence-corrected chi connectivity index (χ4v) is 3.57. The molecule has 0 aliphatic rings. The Balaban J connectivity index is 1.60. The first-order valence-corrected chi connectivity index (χ1v) is 10.4. The number of hydrogen-bond acceptors (Lipinski definition) is 5. The Labute approximate surface area is 180 Å². The Hall–Kier alpha value is -3.52. The van der Waals surface area contributed by atoms with Crippen molar-refractivity contribution < 1.29 is 9.53 Å². The molecule has 31 heavy (non-hydrogen) atoms. The molecule has 1 N–H and O–H groups in total. The average molecular weight is 419 g/mol. The molecule has 0 aliphatic carbocycles. The van der Waals surface area contributed by atoms with Gasteiger partial charge in [0.25, 0.3) is 5.91 Å². The van der Waals surface area contributed by atoms with Crippen LogP contribution >= 0.6 is 0 Å². The lowest BCUT2D eigenvalue weighted by Gasteiger charge is -2.10. The molecule has 0 aliphatic heterocycles. The molecule has 8 heteroatoms. The van der Waals surface area contributed by atoms with E-state index in [1.165, 1.54) is 0 Å². The van der Waals surface area contributed by atoms with E-state index in [-0.39, 0.29) is 11.6 Å². The van der Waals surface area contributed by atoms with Crippen molar-refractivity contribution in [3.05, 3.63) is 65.5 Å². The molecule has 0 spiro atoms. The summed E-state index contributed by atoms with van der Waals surface area (Å²) < 4.78 is 9.14. The van der Waals surface area contributed by atoms with Gasteiger partial charge in [0.15, 0.2) is 5.69 Å². The van der Waals surface area contributed by atoms with Crippen LogP contribution < -0.4 is 5.32 Å². The third-order valence-corrected chi connectivity index (χ3v) is 5.11. The smallest absolute Gasteiger partial charge is 0.280 e. The number of nitrogens with one attached hydrogen (secondary N) is 1. The van der Waals surface area contributed by atoms with E-state index in [0.29, 0.717) is 31.4 Å². The topological polar surface area (TPSA) is 86.9 Å². The van der Waals surface area contributed by atoms with Gasteiger partial charge < -0.3 is 9.30 Å². The summed E-state index contributed by atoms with van der Waals surface area (Å²) in [4.78, 5) is 17.7. The second-order valence-corrected chi connectivity index (χ2v) is 7.35. The van der Waals surface area contributed by atoms with Gasteiger partial charge in [-0.1, -0.05) is 29.5 Å². The molecule has 2 heterocycles. The van der Waals surface area contributed by atoms with Crippen molar-refractivity contribution in [1.82, 2.24) is 24.5 Å². The van der Waals surface area contributed by atoms with E-state index in [1.807, 2.05) is 73.9 Å². The van der Waals surface area contributed by atoms with Crippen molar-refractivity contribution in [3.63, 3.8) is 0 Å². The summed E-state index contributed by atoms with van der Waals surface area (Å²) in [5, 5.41) is 11.2. The monoisotopic (exact) mass is 418 g/mol. The Morgan fingerprint density at radius 3 is 2.77 bits per heavy atom. The molecule has 0 saturated carbocycles. The summed E-state index contributed by atoms with van der Waals surface area (Å²) >= 11 is 0. The van der Waals surface area contributed by atoms with E-state index in [4.69, 9.17) is 4.74 Å². The Bertz CT molecular complexity index is 1210. The molecule has 160 valence electrons. The standard InChI is InChI=1S/C23H26N6O2/c1-4-31-14-8-13-28-20-12-6-5-11-19(20)24-23(28)25-22(30)21-17(3)29(27-26-21)18-10-7-9-16(2)15-18/h5-7,9-12,15H,4,8,13-14H2,1-3H3,(H,24,25,30). The lowest BCUT2D eigenvalue weighted by atomic mass is 10.2. The van der Waals surface area contributed by atoms with Crippen LogP contribution in [0.3, 0.4) is 0 Å². The highest BCUT2D eigenvalue weighted by Gasteiger charge is 2.20. The Kier molecular flexibility index (Phi) is 6.08. The van der Waals surface area contributed by atoms with Gasteiger partial charge in [0.2, 0.25) is 5.95 Å². The van der Waals surface area contributed by atoms with Crippen molar-refractivity contribution in [2.45, 2.75) is 33.7 Å². The third kappa shape index (κ3) is 4.34. The summed E-state index contributed by atoms with van der Waals surface area (Å²) in [5.41, 5.74) is 4.71. The zero-order chi connectivity index (χ0) is 21.8. The molecule has 8 nitrogen and oxygen atoms in total. The van der Waals surface area contributed by atoms with Gasteiger partial charge >= 0.3 is 0 Å². The number of imidazole rings is 1. The van der Waals surface area contributed by atoms with E-state index in [9.17, 15) is 4.79 Å². The number of aromatic nitrogens is 5. The zero-order valence-corrected chi connectivity index (χ0v) is 18.0. The summed E-state index contributed by atoms with van der Waals surface area (Å²) in [7, 11) is 0. The lowest BCUT2D eigenvalue weighted by Crippen LogP contribution is -2.18. The van der Waals surface area contributed by atoms with Crippen molar-refractivity contribution in [2.24, 2.45) is 0 Å². The van der Waals surface area contributed by atoms with E-state index in [0.717, 1.165) is 28.7 Å². The van der Waals surface area contributed by atoms with Gasteiger partial charge in [0.1, 0.15) is 0 Å². The minimum Gasteiger partial charge on any atom is -0.382 e. The van der Waals surface area contributed by atoms with Crippen molar-refractivity contribution in [1.29, 1.82) is 0 Å². The molecule has 4 rings (SSSR count). The average Bonchev–Trinajstić information content (AvgIpc) is 3.31. The van der Waals surface area contributed by atoms with Gasteiger partial charge in [0, 0.05) is 19.8 Å². The molecule has 2 aromatic heterocycles. The normalized spacial score (nSPS) is 11.2. The Morgan fingerprint density at radius 2 is 1.97 bits per heavy atom. The summed E-state index contributed by atoms with van der Waals surface area (Å²) in [6, 6.07) is 15.7. The summed E-state index contributed by atoms with van der Waals surface area (Å²) in [6.45, 7) is 7.85. The van der Waals surface area contributed by atoms with Crippen LogP contribution in [-0.2, 0) is 11.3 Å². The van der Waals surface area contributed by atoms with Crippen LogP contribution in [0.1, 0.15) is 35.1 Å². The van der Waals surface area contributed by atoms with Gasteiger partial charge in [-0.25, -0.2) is 9.67 Å². The predicted molar refractivity (Wildman–Crippen MR) is 120 cm³/mol. The number of amides is 1. The lowest BCUT2D eigenvalue weighted by molar-refractivity contribution is 0.102. The predicted octanol–water partition coefficient (Wildman–Crippen LogP) is 3.91. The number of para-hydroxylation sites is 2. The number of fused-ring (bicyclic) bond motifs is 1. The fourth-order valence-electron chi connectivity index (χ4n) is 3.57. The first-order valence-electron chi connectivity index (χ1n) is 10.4. The molecular formula is C23H26N6O2. The molecule has 0 atom stereocenters. The van der Waals surface area contributed by atoms with Crippen LogP contribution in [0.25, 0.3) is 16.7 Å². The minimum atomic E-state index is -0.335. The summed E-state index contributed by atoms with van der Waals surface area (Å²) in [5.74, 6) is 0.157. The van der Waals surface area contributed by atoms with Crippen LogP contribution in [0.5, 0.6) is 0 Å². The molecular weight excluding hydrogens is 392 g/mol. The molecule has 0 unspecified atom stereocenters. The van der Waals surface area contributed by atoms with Crippen LogP contribution in [0.15, 0.2) is 48.5 Å². The molecule has 0 radical (unpaired) electrons. The highest BCUT2D eigenvalue weighted by atomic mass is 16.5. The molecule has 1 amide bonds. The largest absolute Gasteiger partial charge is 0.382 e. The SMILES string of the molecule is CCOCCCn1c(NC(=O)c2nnn(-c3cccc(C)c3)c2C)nc2ccccc21. The van der Waals surface area contributed by atoms with Crippen LogP contribution in [0.2, 0.25) is 0 Å². The van der Waals surface area contributed by atoms with Crippen molar-refractivity contribution in [3.8, 4) is 5.69 Å². The van der Waals surface area contributed by atoms with E-state index in [1.54, 1.807) is 4.68 Å². The number of rotatable bonds is 8. The fraction of sp³-hybridized carbons (Fsp3) is 0.304. The minimum absolute atomic E-state index is 0.273. The highest BCUT2D eigenvalue weighted by Crippen LogP contribution is 2.21. The van der Waals surface area contributed by atoms with Crippen molar-refractivity contribution in [2.75, 3.05) is 18.5 Å². The van der Waals surface area contributed by atoms with Gasteiger partial charge in [-0.05, 0) is 57.0 Å².